The van der Waals surface area contributed by atoms with Crippen LogP contribution in [0.1, 0.15) is 46.1 Å². The molecule has 3 atom stereocenters. The van der Waals surface area contributed by atoms with E-state index >= 15 is 0 Å². The number of esters is 1. The molecule has 1 fully saturated rings. The summed E-state index contributed by atoms with van der Waals surface area (Å²) in [6.45, 7) is 8.32. The minimum Gasteiger partial charge on any atom is -0.463 e. The predicted octanol–water partition coefficient (Wildman–Crippen LogP) is 3.33. The average molecular weight is 427 g/mol. The minimum absolute atomic E-state index is 0.0276. The molecule has 0 aromatic heterocycles. The molecule has 0 unspecified atom stereocenters. The molecule has 6 heteroatoms. The molecule has 1 aliphatic heterocycles. The highest BCUT2D eigenvalue weighted by molar-refractivity contribution is 5.93. The maximum absolute atomic E-state index is 12.9. The van der Waals surface area contributed by atoms with Crippen molar-refractivity contribution in [2.24, 2.45) is 11.8 Å². The van der Waals surface area contributed by atoms with Gasteiger partial charge in [0, 0.05) is 30.2 Å². The Hall–Kier alpha value is -2.89. The lowest BCUT2D eigenvalue weighted by molar-refractivity contribution is -0.137. The van der Waals surface area contributed by atoms with E-state index in [1.807, 2.05) is 44.2 Å². The number of rotatable bonds is 10. The van der Waals surface area contributed by atoms with Crippen molar-refractivity contribution >= 4 is 17.8 Å². The lowest BCUT2D eigenvalue weighted by Gasteiger charge is -2.28. The molecule has 2 amide bonds. The number of benzene rings is 1. The number of allylic oxidation sites excluding steroid dienone is 1. The summed E-state index contributed by atoms with van der Waals surface area (Å²) in [5.74, 6) is -0.872. The van der Waals surface area contributed by atoms with Gasteiger partial charge in [-0.2, -0.15) is 0 Å². The fourth-order valence-electron chi connectivity index (χ4n) is 3.65. The normalized spacial score (nSPS) is 17.7. The van der Waals surface area contributed by atoms with Crippen LogP contribution in [0.15, 0.2) is 53.6 Å². The summed E-state index contributed by atoms with van der Waals surface area (Å²) < 4.78 is 5.03. The molecule has 31 heavy (non-hydrogen) atoms. The molecular formula is C25H34N2O4. The molecule has 6 nitrogen and oxygen atoms in total. The maximum Gasteiger partial charge on any atom is 0.330 e. The zero-order chi connectivity index (χ0) is 22.8. The van der Waals surface area contributed by atoms with Gasteiger partial charge in [0.05, 0.1) is 6.61 Å². The Morgan fingerprint density at radius 1 is 1.23 bits per heavy atom. The summed E-state index contributed by atoms with van der Waals surface area (Å²) >= 11 is 0. The summed E-state index contributed by atoms with van der Waals surface area (Å²) in [6, 6.07) is 9.63. The van der Waals surface area contributed by atoms with E-state index in [9.17, 15) is 14.4 Å². The van der Waals surface area contributed by atoms with Crippen molar-refractivity contribution in [2.45, 2.75) is 53.0 Å². The van der Waals surface area contributed by atoms with E-state index < -0.39 is 5.97 Å². The SMILES string of the molecule is CCOC(=O)/C=C/[C@H](C[C@@H]1CCNC1=O)[C@H](Cc1ccccc1)NC(=O)C(C)=C(C)C. The Labute approximate surface area is 185 Å². The molecule has 2 rings (SSSR count). The number of ether oxygens (including phenoxy) is 1. The largest absolute Gasteiger partial charge is 0.463 e. The van der Waals surface area contributed by atoms with E-state index in [2.05, 4.69) is 10.6 Å². The smallest absolute Gasteiger partial charge is 0.330 e. The standard InChI is InChI=1S/C25H34N2O4/c1-5-31-23(28)12-11-20(16-21-13-14-26-25(21)30)22(15-19-9-7-6-8-10-19)27-24(29)18(4)17(2)3/h6-12,20-22H,5,13-16H2,1-4H3,(H,26,30)(H,27,29)/b12-11+/t20-,21+,22+/m1/s1. The first-order chi connectivity index (χ1) is 14.8. The van der Waals surface area contributed by atoms with Gasteiger partial charge < -0.3 is 15.4 Å². The molecule has 1 aromatic rings. The fourth-order valence-corrected chi connectivity index (χ4v) is 3.65. The molecule has 0 saturated carbocycles. The molecular weight excluding hydrogens is 392 g/mol. The monoisotopic (exact) mass is 426 g/mol. The summed E-state index contributed by atoms with van der Waals surface area (Å²) in [4.78, 5) is 37.1. The number of hydrogen-bond acceptors (Lipinski definition) is 4. The topological polar surface area (TPSA) is 84.5 Å². The van der Waals surface area contributed by atoms with E-state index in [1.165, 1.54) is 6.08 Å². The lowest BCUT2D eigenvalue weighted by Crippen LogP contribution is -2.43. The van der Waals surface area contributed by atoms with Crippen LogP contribution in [0.3, 0.4) is 0 Å². The van der Waals surface area contributed by atoms with Gasteiger partial charge in [0.15, 0.2) is 0 Å². The van der Waals surface area contributed by atoms with E-state index in [0.29, 0.717) is 31.6 Å². The Balaban J connectivity index is 2.33. The van der Waals surface area contributed by atoms with Crippen LogP contribution in [0.25, 0.3) is 0 Å². The van der Waals surface area contributed by atoms with Crippen molar-refractivity contribution in [1.29, 1.82) is 0 Å². The second kappa shape index (κ2) is 12.1. The van der Waals surface area contributed by atoms with Crippen LogP contribution in [0.2, 0.25) is 0 Å². The van der Waals surface area contributed by atoms with E-state index in [1.54, 1.807) is 19.9 Å². The number of nitrogens with one attached hydrogen (secondary N) is 2. The number of amides is 2. The zero-order valence-corrected chi connectivity index (χ0v) is 18.9. The van der Waals surface area contributed by atoms with Gasteiger partial charge in [-0.3, -0.25) is 9.59 Å². The van der Waals surface area contributed by atoms with Crippen LogP contribution < -0.4 is 10.6 Å². The molecule has 1 saturated heterocycles. The van der Waals surface area contributed by atoms with Gasteiger partial charge in [-0.05, 0) is 58.4 Å². The molecule has 1 aliphatic rings. The van der Waals surface area contributed by atoms with E-state index in [0.717, 1.165) is 17.6 Å². The quantitative estimate of drug-likeness (QED) is 0.444. The van der Waals surface area contributed by atoms with Crippen LogP contribution in [0, 0.1) is 11.8 Å². The highest BCUT2D eigenvalue weighted by atomic mass is 16.5. The molecule has 0 aliphatic carbocycles. The van der Waals surface area contributed by atoms with Crippen LogP contribution in [-0.2, 0) is 25.5 Å². The summed E-state index contributed by atoms with van der Waals surface area (Å²) in [7, 11) is 0. The van der Waals surface area contributed by atoms with Crippen molar-refractivity contribution in [3.8, 4) is 0 Å². The first-order valence-corrected chi connectivity index (χ1v) is 10.9. The minimum atomic E-state index is -0.423. The summed E-state index contributed by atoms with van der Waals surface area (Å²) in [5, 5.41) is 6.03. The average Bonchev–Trinajstić information content (AvgIpc) is 3.15. The number of carbonyl (C=O) groups excluding carboxylic acids is 3. The molecule has 168 valence electrons. The summed E-state index contributed by atoms with van der Waals surface area (Å²) in [5.41, 5.74) is 2.70. The first kappa shape index (κ1) is 24.4. The third kappa shape index (κ3) is 7.70. The third-order valence-electron chi connectivity index (χ3n) is 5.71. The fraction of sp³-hybridized carbons (Fsp3) is 0.480. The highest BCUT2D eigenvalue weighted by Gasteiger charge is 2.31. The van der Waals surface area contributed by atoms with Crippen molar-refractivity contribution in [3.63, 3.8) is 0 Å². The Morgan fingerprint density at radius 2 is 1.94 bits per heavy atom. The molecule has 1 aromatic carbocycles. The second-order valence-electron chi connectivity index (χ2n) is 8.18. The molecule has 0 radical (unpaired) electrons. The third-order valence-corrected chi connectivity index (χ3v) is 5.71. The maximum atomic E-state index is 12.9. The van der Waals surface area contributed by atoms with Gasteiger partial charge in [-0.15, -0.1) is 0 Å². The van der Waals surface area contributed by atoms with Gasteiger partial charge in [-0.25, -0.2) is 4.79 Å². The number of hydrogen-bond donors (Lipinski definition) is 2. The zero-order valence-electron chi connectivity index (χ0n) is 18.9. The van der Waals surface area contributed by atoms with Gasteiger partial charge in [0.25, 0.3) is 0 Å². The molecule has 2 N–H and O–H groups in total. The van der Waals surface area contributed by atoms with Crippen molar-refractivity contribution in [2.75, 3.05) is 13.2 Å². The Bertz CT molecular complexity index is 825. The highest BCUT2D eigenvalue weighted by Crippen LogP contribution is 2.25. The van der Waals surface area contributed by atoms with E-state index in [4.69, 9.17) is 4.74 Å². The van der Waals surface area contributed by atoms with E-state index in [-0.39, 0.29) is 29.7 Å². The predicted molar refractivity (Wildman–Crippen MR) is 121 cm³/mol. The van der Waals surface area contributed by atoms with Crippen LogP contribution >= 0.6 is 0 Å². The Kier molecular flexibility index (Phi) is 9.50. The number of carbonyl (C=O) groups is 3. The van der Waals surface area contributed by atoms with Gasteiger partial charge in [0.1, 0.15) is 0 Å². The second-order valence-corrected chi connectivity index (χ2v) is 8.18. The first-order valence-electron chi connectivity index (χ1n) is 10.9. The van der Waals surface area contributed by atoms with Gasteiger partial charge in [0.2, 0.25) is 11.8 Å². The van der Waals surface area contributed by atoms with Crippen molar-refractivity contribution in [1.82, 2.24) is 10.6 Å². The van der Waals surface area contributed by atoms with Crippen molar-refractivity contribution in [3.05, 3.63) is 59.2 Å². The van der Waals surface area contributed by atoms with Crippen LogP contribution in [-0.4, -0.2) is 37.0 Å². The van der Waals surface area contributed by atoms with Gasteiger partial charge >= 0.3 is 5.97 Å². The molecule has 0 spiro atoms. The Morgan fingerprint density at radius 3 is 2.52 bits per heavy atom. The van der Waals surface area contributed by atoms with Crippen molar-refractivity contribution < 1.29 is 19.1 Å². The molecule has 0 bridgehead atoms. The van der Waals surface area contributed by atoms with Crippen LogP contribution in [0.5, 0.6) is 0 Å². The van der Waals surface area contributed by atoms with Crippen LogP contribution in [0.4, 0.5) is 0 Å². The lowest BCUT2D eigenvalue weighted by atomic mass is 9.84. The van der Waals surface area contributed by atoms with Gasteiger partial charge in [-0.1, -0.05) is 42.0 Å². The molecule has 1 heterocycles. The summed E-state index contributed by atoms with van der Waals surface area (Å²) in [6.07, 6.45) is 5.10.